The molecular weight excluding hydrogens is 250 g/mol. The highest BCUT2D eigenvalue weighted by Crippen LogP contribution is 2.31. The molecule has 0 spiro atoms. The van der Waals surface area contributed by atoms with E-state index in [2.05, 4.69) is 12.1 Å². The minimum Gasteiger partial charge on any atom is -0.495 e. The number of hydrogen-bond donors (Lipinski definition) is 0. The highest BCUT2D eigenvalue weighted by Gasteiger charge is 2.12. The number of ether oxygens (including phenoxy) is 1. The third kappa shape index (κ3) is 3.84. The first-order valence-electron chi connectivity index (χ1n) is 5.55. The minimum absolute atomic E-state index is 0.390. The maximum Gasteiger partial charge on any atom is 0.142 e. The molecule has 0 atom stereocenters. The van der Waals surface area contributed by atoms with Crippen molar-refractivity contribution in [1.29, 1.82) is 10.5 Å². The predicted octanol–water partition coefficient (Wildman–Crippen LogP) is 2.98. The number of nitriles is 2. The summed E-state index contributed by atoms with van der Waals surface area (Å²) in [5.74, 6) is 0.690. The number of nitrogens with zero attached hydrogens (tertiary/aromatic N) is 3. The monoisotopic (exact) mass is 263 g/mol. The summed E-state index contributed by atoms with van der Waals surface area (Å²) in [6.07, 6.45) is 0.780. The number of rotatable bonds is 6. The highest BCUT2D eigenvalue weighted by molar-refractivity contribution is 6.30. The zero-order chi connectivity index (χ0) is 13.4. The van der Waals surface area contributed by atoms with Crippen molar-refractivity contribution in [3.63, 3.8) is 0 Å². The molecule has 0 heterocycles. The minimum atomic E-state index is 0.390. The van der Waals surface area contributed by atoms with E-state index in [1.165, 1.54) is 0 Å². The molecule has 1 aromatic rings. The molecule has 5 heteroatoms. The summed E-state index contributed by atoms with van der Waals surface area (Å²) >= 11 is 5.97. The van der Waals surface area contributed by atoms with Crippen LogP contribution >= 0.6 is 11.6 Å². The first kappa shape index (κ1) is 14.2. The van der Waals surface area contributed by atoms with Gasteiger partial charge in [-0.05, 0) is 18.2 Å². The Kier molecular flexibility index (Phi) is 5.84. The molecule has 0 saturated carbocycles. The van der Waals surface area contributed by atoms with Gasteiger partial charge in [-0.25, -0.2) is 0 Å². The van der Waals surface area contributed by atoms with Gasteiger partial charge in [-0.1, -0.05) is 11.6 Å². The summed E-state index contributed by atoms with van der Waals surface area (Å²) in [4.78, 5) is 1.94. The average molecular weight is 264 g/mol. The Bertz CT molecular complexity index is 458. The first-order valence-corrected chi connectivity index (χ1v) is 5.93. The van der Waals surface area contributed by atoms with Crippen molar-refractivity contribution in [3.8, 4) is 17.9 Å². The van der Waals surface area contributed by atoms with Crippen LogP contribution in [0.1, 0.15) is 12.8 Å². The molecule has 0 aromatic heterocycles. The second-order valence-corrected chi connectivity index (χ2v) is 4.06. The average Bonchev–Trinajstić information content (AvgIpc) is 2.39. The highest BCUT2D eigenvalue weighted by atomic mass is 35.5. The fourth-order valence-electron chi connectivity index (χ4n) is 1.63. The molecule has 0 aliphatic carbocycles. The van der Waals surface area contributed by atoms with Gasteiger partial charge in [-0.3, -0.25) is 0 Å². The molecule has 0 amide bonds. The molecule has 0 saturated heterocycles. The number of benzene rings is 1. The van der Waals surface area contributed by atoms with Crippen LogP contribution in [-0.2, 0) is 0 Å². The van der Waals surface area contributed by atoms with Crippen LogP contribution in [0.2, 0.25) is 5.02 Å². The van der Waals surface area contributed by atoms with E-state index in [1.54, 1.807) is 25.3 Å². The summed E-state index contributed by atoms with van der Waals surface area (Å²) in [6.45, 7) is 1.10. The third-order valence-electron chi connectivity index (χ3n) is 2.47. The van der Waals surface area contributed by atoms with Gasteiger partial charge in [0, 0.05) is 18.1 Å². The Morgan fingerprint density at radius 1 is 1.22 bits per heavy atom. The number of halogens is 1. The molecule has 0 aliphatic rings. The predicted molar refractivity (Wildman–Crippen MR) is 70.7 cm³/mol. The van der Waals surface area contributed by atoms with Crippen LogP contribution in [0.4, 0.5) is 5.69 Å². The third-order valence-corrected chi connectivity index (χ3v) is 2.70. The van der Waals surface area contributed by atoms with Gasteiger partial charge < -0.3 is 9.64 Å². The summed E-state index contributed by atoms with van der Waals surface area (Å²) in [5.41, 5.74) is 0.815. The van der Waals surface area contributed by atoms with E-state index in [4.69, 9.17) is 26.9 Å². The molecule has 0 unspecified atom stereocenters. The van der Waals surface area contributed by atoms with Gasteiger partial charge >= 0.3 is 0 Å². The van der Waals surface area contributed by atoms with Crippen molar-refractivity contribution in [2.75, 3.05) is 25.1 Å². The Morgan fingerprint density at radius 3 is 2.33 bits per heavy atom. The van der Waals surface area contributed by atoms with Gasteiger partial charge in [0.25, 0.3) is 0 Å². The van der Waals surface area contributed by atoms with Gasteiger partial charge in [0.15, 0.2) is 0 Å². The molecule has 0 fully saturated rings. The van der Waals surface area contributed by atoms with Crippen molar-refractivity contribution in [2.24, 2.45) is 0 Å². The smallest absolute Gasteiger partial charge is 0.142 e. The zero-order valence-electron chi connectivity index (χ0n) is 10.2. The van der Waals surface area contributed by atoms with E-state index in [-0.39, 0.29) is 0 Å². The molecule has 0 N–H and O–H groups in total. The standard InChI is InChI=1S/C13H14ClN3O/c1-18-13-5-4-11(14)10-12(13)17(8-2-6-15)9-3-7-16/h4-5,10H,2-3,8-9H2,1H3. The summed E-state index contributed by atoms with van der Waals surface area (Å²) < 4.78 is 5.28. The van der Waals surface area contributed by atoms with Crippen molar-refractivity contribution in [3.05, 3.63) is 23.2 Å². The van der Waals surface area contributed by atoms with E-state index in [1.807, 2.05) is 4.90 Å². The Hall–Kier alpha value is -1.91. The molecule has 0 aliphatic heterocycles. The second-order valence-electron chi connectivity index (χ2n) is 3.62. The molecule has 0 bridgehead atoms. The van der Waals surface area contributed by atoms with E-state index in [9.17, 15) is 0 Å². The van der Waals surface area contributed by atoms with Crippen LogP contribution in [0.3, 0.4) is 0 Å². The molecule has 1 aromatic carbocycles. The lowest BCUT2D eigenvalue weighted by Crippen LogP contribution is -2.25. The largest absolute Gasteiger partial charge is 0.495 e. The van der Waals surface area contributed by atoms with Crippen molar-refractivity contribution in [1.82, 2.24) is 0 Å². The van der Waals surface area contributed by atoms with Crippen molar-refractivity contribution in [2.45, 2.75) is 12.8 Å². The van der Waals surface area contributed by atoms with Crippen LogP contribution in [0.25, 0.3) is 0 Å². The Labute approximate surface area is 112 Å². The molecule has 0 radical (unpaired) electrons. The van der Waals surface area contributed by atoms with Crippen LogP contribution in [0, 0.1) is 22.7 Å². The number of anilines is 1. The first-order chi connectivity index (χ1) is 8.72. The van der Waals surface area contributed by atoms with Gasteiger partial charge in [0.2, 0.25) is 0 Å². The van der Waals surface area contributed by atoms with Crippen LogP contribution in [0.15, 0.2) is 18.2 Å². The van der Waals surface area contributed by atoms with E-state index in [0.717, 1.165) is 5.69 Å². The van der Waals surface area contributed by atoms with E-state index < -0.39 is 0 Å². The SMILES string of the molecule is COc1ccc(Cl)cc1N(CCC#N)CCC#N. The lowest BCUT2D eigenvalue weighted by atomic mass is 10.2. The van der Waals surface area contributed by atoms with Crippen LogP contribution in [0.5, 0.6) is 5.75 Å². The van der Waals surface area contributed by atoms with E-state index >= 15 is 0 Å². The lowest BCUT2D eigenvalue weighted by Gasteiger charge is -2.24. The van der Waals surface area contributed by atoms with Crippen molar-refractivity contribution >= 4 is 17.3 Å². The number of methoxy groups -OCH3 is 1. The Morgan fingerprint density at radius 2 is 1.83 bits per heavy atom. The molecule has 18 heavy (non-hydrogen) atoms. The topological polar surface area (TPSA) is 60.0 Å². The fraction of sp³-hybridized carbons (Fsp3) is 0.385. The summed E-state index contributed by atoms with van der Waals surface area (Å²) in [5, 5.41) is 17.9. The molecule has 94 valence electrons. The molecule has 1 rings (SSSR count). The fourth-order valence-corrected chi connectivity index (χ4v) is 1.80. The quantitative estimate of drug-likeness (QED) is 0.792. The lowest BCUT2D eigenvalue weighted by molar-refractivity contribution is 0.414. The van der Waals surface area contributed by atoms with Crippen LogP contribution < -0.4 is 9.64 Å². The van der Waals surface area contributed by atoms with Gasteiger partial charge in [-0.15, -0.1) is 0 Å². The van der Waals surface area contributed by atoms with Crippen LogP contribution in [-0.4, -0.2) is 20.2 Å². The summed E-state index contributed by atoms with van der Waals surface area (Å²) in [7, 11) is 1.58. The van der Waals surface area contributed by atoms with Gasteiger partial charge in [0.1, 0.15) is 5.75 Å². The molecule has 4 nitrogen and oxygen atoms in total. The second kappa shape index (κ2) is 7.42. The molecular formula is C13H14ClN3O. The number of hydrogen-bond acceptors (Lipinski definition) is 4. The maximum atomic E-state index is 8.67. The Balaban J connectivity index is 2.99. The van der Waals surface area contributed by atoms with Gasteiger partial charge in [0.05, 0.1) is 37.8 Å². The van der Waals surface area contributed by atoms with E-state index in [0.29, 0.717) is 36.7 Å². The summed E-state index contributed by atoms with van der Waals surface area (Å²) in [6, 6.07) is 9.51. The normalized spacial score (nSPS) is 9.33. The van der Waals surface area contributed by atoms with Gasteiger partial charge in [-0.2, -0.15) is 10.5 Å². The maximum absolute atomic E-state index is 8.67. The van der Waals surface area contributed by atoms with Crippen molar-refractivity contribution < 1.29 is 4.74 Å². The zero-order valence-corrected chi connectivity index (χ0v) is 10.9.